The second-order valence-corrected chi connectivity index (χ2v) is 9.98. The van der Waals surface area contributed by atoms with E-state index in [2.05, 4.69) is 17.6 Å². The highest BCUT2D eigenvalue weighted by molar-refractivity contribution is 6.01. The molecule has 4 aromatic rings. The standard InChI is InChI=1S/C35H39N3O4/c1-3-4-6-10-27-13-15-28(16-14-27)34(39)36-25-9-26-38(35(40)37-29-17-21-31(41-2)22-18-29)30-19-23-33(24-20-30)42-32-11-7-5-8-12-32/h5,7-8,11-24H,3-4,6,9-10,25-26H2,1-2H3,(H,36,39)(H,37,40). The van der Waals surface area contributed by atoms with Gasteiger partial charge >= 0.3 is 6.03 Å². The maximum Gasteiger partial charge on any atom is 0.326 e. The Morgan fingerprint density at radius 2 is 1.40 bits per heavy atom. The van der Waals surface area contributed by atoms with E-state index in [1.54, 1.807) is 36.3 Å². The summed E-state index contributed by atoms with van der Waals surface area (Å²) in [5, 5.41) is 5.94. The van der Waals surface area contributed by atoms with Crippen molar-refractivity contribution in [3.05, 3.63) is 114 Å². The van der Waals surface area contributed by atoms with Gasteiger partial charge in [-0.15, -0.1) is 0 Å². The number of benzene rings is 4. The van der Waals surface area contributed by atoms with Gasteiger partial charge in [-0.2, -0.15) is 0 Å². The van der Waals surface area contributed by atoms with Gasteiger partial charge in [0.25, 0.3) is 5.91 Å². The maximum atomic E-state index is 13.4. The molecule has 0 spiro atoms. The topological polar surface area (TPSA) is 79.9 Å². The molecule has 0 unspecified atom stereocenters. The van der Waals surface area contributed by atoms with Crippen molar-refractivity contribution in [2.45, 2.75) is 39.0 Å². The largest absolute Gasteiger partial charge is 0.497 e. The lowest BCUT2D eigenvalue weighted by Gasteiger charge is -2.24. The first-order chi connectivity index (χ1) is 20.6. The number of nitrogens with zero attached hydrogens (tertiary/aromatic N) is 1. The van der Waals surface area contributed by atoms with Crippen LogP contribution in [0.15, 0.2) is 103 Å². The molecule has 0 aliphatic rings. The average Bonchev–Trinajstić information content (AvgIpc) is 3.03. The van der Waals surface area contributed by atoms with Crippen LogP contribution in [0, 0.1) is 0 Å². The fourth-order valence-electron chi connectivity index (χ4n) is 4.48. The van der Waals surface area contributed by atoms with Gasteiger partial charge in [-0.1, -0.05) is 50.1 Å². The van der Waals surface area contributed by atoms with Crippen LogP contribution in [0.5, 0.6) is 17.2 Å². The van der Waals surface area contributed by atoms with Gasteiger partial charge in [0.2, 0.25) is 0 Å². The Hall–Kier alpha value is -4.78. The number of hydrogen-bond acceptors (Lipinski definition) is 4. The lowest BCUT2D eigenvalue weighted by atomic mass is 10.1. The van der Waals surface area contributed by atoms with Gasteiger partial charge in [-0.3, -0.25) is 9.69 Å². The third-order valence-electron chi connectivity index (χ3n) is 6.84. The van der Waals surface area contributed by atoms with E-state index in [9.17, 15) is 9.59 Å². The number of rotatable bonds is 14. The molecule has 0 aromatic heterocycles. The zero-order valence-corrected chi connectivity index (χ0v) is 24.3. The fraction of sp³-hybridized carbons (Fsp3) is 0.257. The van der Waals surface area contributed by atoms with Crippen LogP contribution in [-0.4, -0.2) is 32.1 Å². The Morgan fingerprint density at radius 1 is 0.738 bits per heavy atom. The lowest BCUT2D eigenvalue weighted by molar-refractivity contribution is 0.0953. The van der Waals surface area contributed by atoms with Gasteiger partial charge in [0.1, 0.15) is 17.2 Å². The van der Waals surface area contributed by atoms with Crippen LogP contribution in [0.2, 0.25) is 0 Å². The van der Waals surface area contributed by atoms with Crippen molar-refractivity contribution < 1.29 is 19.1 Å². The summed E-state index contributed by atoms with van der Waals surface area (Å²) in [4.78, 5) is 27.8. The number of amides is 3. The Morgan fingerprint density at radius 3 is 2.07 bits per heavy atom. The third-order valence-corrected chi connectivity index (χ3v) is 6.84. The van der Waals surface area contributed by atoms with E-state index in [0.29, 0.717) is 47.9 Å². The summed E-state index contributed by atoms with van der Waals surface area (Å²) in [6.07, 6.45) is 5.16. The lowest BCUT2D eigenvalue weighted by Crippen LogP contribution is -2.37. The zero-order chi connectivity index (χ0) is 29.6. The molecule has 0 heterocycles. The quantitative estimate of drug-likeness (QED) is 0.152. The molecular formula is C35H39N3O4. The molecular weight excluding hydrogens is 526 g/mol. The molecule has 7 nitrogen and oxygen atoms in total. The summed E-state index contributed by atoms with van der Waals surface area (Å²) >= 11 is 0. The fourth-order valence-corrected chi connectivity index (χ4v) is 4.48. The molecule has 0 atom stereocenters. The number of aryl methyl sites for hydroxylation is 1. The Labute approximate surface area is 248 Å². The Kier molecular flexibility index (Phi) is 11.4. The smallest absolute Gasteiger partial charge is 0.326 e. The summed E-state index contributed by atoms with van der Waals surface area (Å²) < 4.78 is 11.1. The number of carbonyl (C=O) groups is 2. The van der Waals surface area contributed by atoms with Gasteiger partial charge < -0.3 is 20.1 Å². The highest BCUT2D eigenvalue weighted by atomic mass is 16.5. The molecule has 2 N–H and O–H groups in total. The number of hydrogen-bond donors (Lipinski definition) is 2. The summed E-state index contributed by atoms with van der Waals surface area (Å²) in [5.41, 5.74) is 3.25. The number of para-hydroxylation sites is 1. The van der Waals surface area contributed by atoms with Crippen LogP contribution in [0.25, 0.3) is 0 Å². The normalized spacial score (nSPS) is 10.5. The van der Waals surface area contributed by atoms with E-state index in [1.807, 2.05) is 78.9 Å². The number of ether oxygens (including phenoxy) is 2. The molecule has 7 heteroatoms. The SMILES string of the molecule is CCCCCc1ccc(C(=O)NCCCN(C(=O)Nc2ccc(OC)cc2)c2ccc(Oc3ccccc3)cc2)cc1. The summed E-state index contributed by atoms with van der Waals surface area (Å²) in [7, 11) is 1.60. The van der Waals surface area contributed by atoms with Crippen molar-refractivity contribution in [3.63, 3.8) is 0 Å². The minimum Gasteiger partial charge on any atom is -0.497 e. The van der Waals surface area contributed by atoms with Gasteiger partial charge in [0.15, 0.2) is 0 Å². The molecule has 0 saturated heterocycles. The van der Waals surface area contributed by atoms with Crippen LogP contribution >= 0.6 is 0 Å². The predicted molar refractivity (Wildman–Crippen MR) is 169 cm³/mol. The number of anilines is 2. The third kappa shape index (κ3) is 9.13. The summed E-state index contributed by atoms with van der Waals surface area (Å²) in [5.74, 6) is 2.00. The highest BCUT2D eigenvalue weighted by Gasteiger charge is 2.17. The highest BCUT2D eigenvalue weighted by Crippen LogP contribution is 2.25. The first-order valence-corrected chi connectivity index (χ1v) is 14.5. The van der Waals surface area contributed by atoms with Gasteiger partial charge in [0, 0.05) is 30.0 Å². The molecule has 0 fully saturated rings. The monoisotopic (exact) mass is 565 g/mol. The van der Waals surface area contributed by atoms with Gasteiger partial charge in [-0.25, -0.2) is 4.79 Å². The molecule has 42 heavy (non-hydrogen) atoms. The van der Waals surface area contributed by atoms with Crippen molar-refractivity contribution in [1.29, 1.82) is 0 Å². The molecule has 0 bridgehead atoms. The second kappa shape index (κ2) is 15.9. The Balaban J connectivity index is 1.37. The van der Waals surface area contributed by atoms with Crippen LogP contribution in [-0.2, 0) is 6.42 Å². The van der Waals surface area contributed by atoms with Crippen molar-refractivity contribution in [3.8, 4) is 17.2 Å². The van der Waals surface area contributed by atoms with Gasteiger partial charge in [-0.05, 0) is 97.6 Å². The summed E-state index contributed by atoms with van der Waals surface area (Å²) in [6.45, 7) is 3.02. The van der Waals surface area contributed by atoms with E-state index >= 15 is 0 Å². The van der Waals surface area contributed by atoms with E-state index in [4.69, 9.17) is 9.47 Å². The summed E-state index contributed by atoms with van der Waals surface area (Å²) in [6, 6.07) is 31.6. The molecule has 3 amide bonds. The molecule has 0 aliphatic heterocycles. The van der Waals surface area contributed by atoms with E-state index in [0.717, 1.165) is 18.6 Å². The van der Waals surface area contributed by atoms with Crippen molar-refractivity contribution in [1.82, 2.24) is 5.32 Å². The number of unbranched alkanes of at least 4 members (excludes halogenated alkanes) is 2. The first-order valence-electron chi connectivity index (χ1n) is 14.5. The number of nitrogens with one attached hydrogen (secondary N) is 2. The molecule has 4 rings (SSSR count). The van der Waals surface area contributed by atoms with Crippen LogP contribution in [0.4, 0.5) is 16.2 Å². The van der Waals surface area contributed by atoms with Crippen LogP contribution < -0.4 is 25.0 Å². The molecule has 0 aliphatic carbocycles. The molecule has 0 saturated carbocycles. The molecule has 218 valence electrons. The van der Waals surface area contributed by atoms with E-state index in [1.165, 1.54) is 18.4 Å². The first kappa shape index (κ1) is 30.2. The van der Waals surface area contributed by atoms with E-state index < -0.39 is 0 Å². The predicted octanol–water partition coefficient (Wildman–Crippen LogP) is 8.08. The number of carbonyl (C=O) groups excluding carboxylic acids is 2. The van der Waals surface area contributed by atoms with E-state index in [-0.39, 0.29) is 11.9 Å². The van der Waals surface area contributed by atoms with Crippen molar-refractivity contribution >= 4 is 23.3 Å². The van der Waals surface area contributed by atoms with Gasteiger partial charge in [0.05, 0.1) is 7.11 Å². The van der Waals surface area contributed by atoms with Crippen LogP contribution in [0.3, 0.4) is 0 Å². The molecule has 4 aromatic carbocycles. The zero-order valence-electron chi connectivity index (χ0n) is 24.3. The minimum atomic E-state index is -0.276. The minimum absolute atomic E-state index is 0.119. The van der Waals surface area contributed by atoms with Crippen molar-refractivity contribution in [2.24, 2.45) is 0 Å². The Bertz CT molecular complexity index is 1390. The van der Waals surface area contributed by atoms with Crippen molar-refractivity contribution in [2.75, 3.05) is 30.4 Å². The maximum absolute atomic E-state index is 13.4. The number of urea groups is 1. The number of methoxy groups -OCH3 is 1. The van der Waals surface area contributed by atoms with Crippen LogP contribution in [0.1, 0.15) is 48.5 Å². The second-order valence-electron chi connectivity index (χ2n) is 9.98. The average molecular weight is 566 g/mol. The molecule has 0 radical (unpaired) electrons.